The second-order valence-corrected chi connectivity index (χ2v) is 23.4. The standard InChI is InChI=1S/C50H63N5O7Si/c1-50(2,3)63(5,6)62-45(41-19-21-44(56)48-42(41)20-22-46(57)53-48)30-51-24-25-54(4)47(58)23-26-60-38-16-12-13-34(27-38)31-55-32-36-28-39(29-37(36)33-55)61-49(59)52-43-18-11-10-17-40(43)35-14-8-7-9-15-35/h7-22,27,36-37,39,45,51,56H,23-26,28-33H2,1-6H3,(H,52,59)(H,53,57)/t36-,37+,39?,45-/m0/s1. The molecule has 2 fully saturated rings. The number of benzene rings is 4. The van der Waals surface area contributed by atoms with Crippen LogP contribution in [0.1, 0.15) is 57.3 Å². The number of phenols is 1. The maximum atomic E-state index is 13.1. The maximum absolute atomic E-state index is 13.1. The van der Waals surface area contributed by atoms with E-state index in [1.807, 2.05) is 72.8 Å². The van der Waals surface area contributed by atoms with Crippen LogP contribution in [0.15, 0.2) is 108 Å². The number of rotatable bonds is 17. The first-order valence-electron chi connectivity index (χ1n) is 22.2. The number of pyridine rings is 1. The monoisotopic (exact) mass is 873 g/mol. The lowest BCUT2D eigenvalue weighted by atomic mass is 10.0. The number of hydrogen-bond donors (Lipinski definition) is 4. The predicted molar refractivity (Wildman–Crippen MR) is 252 cm³/mol. The van der Waals surface area contributed by atoms with Crippen LogP contribution in [0.2, 0.25) is 18.1 Å². The number of aromatic amines is 1. The number of aromatic nitrogens is 1. The highest BCUT2D eigenvalue weighted by Gasteiger charge is 2.42. The number of hydrogen-bond acceptors (Lipinski definition) is 9. The van der Waals surface area contributed by atoms with Gasteiger partial charge < -0.3 is 34.2 Å². The topological polar surface area (TPSA) is 145 Å². The molecule has 1 saturated carbocycles. The fourth-order valence-corrected chi connectivity index (χ4v) is 9.93. The first-order valence-corrected chi connectivity index (χ1v) is 25.1. The van der Waals surface area contributed by atoms with E-state index in [0.717, 1.165) is 71.6 Å². The first-order chi connectivity index (χ1) is 30.1. The number of amides is 2. The normalized spacial score (nSPS) is 18.2. The van der Waals surface area contributed by atoms with Gasteiger partial charge in [-0.2, -0.15) is 0 Å². The van der Waals surface area contributed by atoms with E-state index in [1.165, 1.54) is 6.07 Å². The van der Waals surface area contributed by atoms with E-state index in [-0.39, 0.29) is 47.5 Å². The van der Waals surface area contributed by atoms with Gasteiger partial charge in [-0.15, -0.1) is 0 Å². The van der Waals surface area contributed by atoms with Crippen LogP contribution < -0.4 is 20.9 Å². The molecule has 4 N–H and O–H groups in total. The quantitative estimate of drug-likeness (QED) is 0.0532. The molecule has 334 valence electrons. The minimum Gasteiger partial charge on any atom is -0.506 e. The van der Waals surface area contributed by atoms with Gasteiger partial charge in [0.1, 0.15) is 17.6 Å². The van der Waals surface area contributed by atoms with Crippen molar-refractivity contribution >= 4 is 36.9 Å². The molecule has 0 spiro atoms. The summed E-state index contributed by atoms with van der Waals surface area (Å²) in [5.41, 5.74) is 4.90. The summed E-state index contributed by atoms with van der Waals surface area (Å²) in [6.45, 7) is 15.6. The number of fused-ring (bicyclic) bond motifs is 2. The van der Waals surface area contributed by atoms with Crippen molar-refractivity contribution in [3.05, 3.63) is 125 Å². The molecule has 1 saturated heterocycles. The van der Waals surface area contributed by atoms with Gasteiger partial charge in [0.15, 0.2) is 8.32 Å². The van der Waals surface area contributed by atoms with Crippen molar-refractivity contribution in [3.8, 4) is 22.6 Å². The molecular weight excluding hydrogens is 811 g/mol. The van der Waals surface area contributed by atoms with Crippen molar-refractivity contribution in [1.82, 2.24) is 20.1 Å². The van der Waals surface area contributed by atoms with E-state index < -0.39 is 14.4 Å². The largest absolute Gasteiger partial charge is 0.506 e. The Labute approximate surface area is 372 Å². The molecule has 5 aromatic rings. The number of ether oxygens (including phenoxy) is 2. The number of H-pyrrole nitrogens is 1. The summed E-state index contributed by atoms with van der Waals surface area (Å²) in [6, 6.07) is 32.6. The molecule has 4 atom stereocenters. The highest BCUT2D eigenvalue weighted by atomic mass is 28.4. The lowest BCUT2D eigenvalue weighted by molar-refractivity contribution is -0.130. The zero-order valence-corrected chi connectivity index (χ0v) is 38.5. The van der Waals surface area contributed by atoms with Crippen LogP contribution in [-0.2, 0) is 20.5 Å². The second kappa shape index (κ2) is 19.9. The molecule has 2 heterocycles. The zero-order valence-electron chi connectivity index (χ0n) is 37.5. The van der Waals surface area contributed by atoms with Crippen LogP contribution in [-0.4, -0.2) is 92.7 Å². The fourth-order valence-electron chi connectivity index (χ4n) is 8.65. The summed E-state index contributed by atoms with van der Waals surface area (Å²) in [7, 11) is -0.415. The molecule has 13 heteroatoms. The van der Waals surface area contributed by atoms with Gasteiger partial charge >= 0.3 is 6.09 Å². The molecule has 1 unspecified atom stereocenters. The maximum Gasteiger partial charge on any atom is 0.411 e. The van der Waals surface area contributed by atoms with Crippen LogP contribution in [0.25, 0.3) is 22.0 Å². The van der Waals surface area contributed by atoms with Crippen molar-refractivity contribution in [2.75, 3.05) is 51.7 Å². The SMILES string of the molecule is CN(CCNC[C@H](O[Si](C)(C)C(C)(C)C)c1ccc(O)c2[nH]c(=O)ccc12)C(=O)CCOc1cccc(CN2C[C@H]3CC(OC(=O)Nc4ccccc4-c4ccccc4)C[C@H]3C2)c1. The van der Waals surface area contributed by atoms with Gasteiger partial charge in [-0.05, 0) is 89.8 Å². The van der Waals surface area contributed by atoms with Gasteiger partial charge in [0, 0.05) is 63.3 Å². The molecule has 1 aromatic heterocycles. The number of likely N-dealkylation sites (tertiary alicyclic amines) is 1. The third-order valence-corrected chi connectivity index (χ3v) is 17.6. The molecule has 2 amide bonds. The highest BCUT2D eigenvalue weighted by Crippen LogP contribution is 2.42. The summed E-state index contributed by atoms with van der Waals surface area (Å²) in [6.07, 6.45) is 1.15. The molecule has 63 heavy (non-hydrogen) atoms. The Bertz CT molecular complexity index is 2400. The van der Waals surface area contributed by atoms with E-state index in [0.29, 0.717) is 37.0 Å². The average Bonchev–Trinajstić information content (AvgIpc) is 3.80. The highest BCUT2D eigenvalue weighted by molar-refractivity contribution is 6.74. The van der Waals surface area contributed by atoms with E-state index in [1.54, 1.807) is 24.1 Å². The van der Waals surface area contributed by atoms with Gasteiger partial charge in [0.2, 0.25) is 11.5 Å². The van der Waals surface area contributed by atoms with E-state index >= 15 is 0 Å². The van der Waals surface area contributed by atoms with Crippen LogP contribution >= 0.6 is 0 Å². The molecule has 4 aromatic carbocycles. The molecule has 0 radical (unpaired) electrons. The van der Waals surface area contributed by atoms with Crippen LogP contribution in [0.3, 0.4) is 0 Å². The molecule has 1 aliphatic heterocycles. The molecule has 2 aliphatic rings. The lowest BCUT2D eigenvalue weighted by Crippen LogP contribution is -2.44. The number of carbonyl (C=O) groups is 2. The van der Waals surface area contributed by atoms with Crippen molar-refractivity contribution in [2.24, 2.45) is 11.8 Å². The average molecular weight is 874 g/mol. The number of likely N-dealkylation sites (N-methyl/N-ethyl adjacent to an activating group) is 1. The number of phenolic OH excluding ortho intramolecular Hbond substituents is 1. The Morgan fingerprint density at radius 3 is 2.41 bits per heavy atom. The minimum atomic E-state index is -2.22. The first kappa shape index (κ1) is 45.5. The van der Waals surface area contributed by atoms with Crippen LogP contribution in [0, 0.1) is 11.8 Å². The summed E-state index contributed by atoms with van der Waals surface area (Å²) >= 11 is 0. The zero-order chi connectivity index (χ0) is 44.7. The van der Waals surface area contributed by atoms with Crippen LogP contribution in [0.5, 0.6) is 11.5 Å². The summed E-state index contributed by atoms with van der Waals surface area (Å²) < 4.78 is 18.9. The Morgan fingerprint density at radius 2 is 1.67 bits per heavy atom. The van der Waals surface area contributed by atoms with Gasteiger partial charge in [-0.25, -0.2) is 4.79 Å². The Kier molecular flexibility index (Phi) is 14.4. The number of nitrogens with zero attached hydrogens (tertiary/aromatic N) is 2. The van der Waals surface area contributed by atoms with Gasteiger partial charge in [0.05, 0.1) is 30.3 Å². The molecule has 0 bridgehead atoms. The Morgan fingerprint density at radius 1 is 0.937 bits per heavy atom. The minimum absolute atomic E-state index is 0.00381. The van der Waals surface area contributed by atoms with Gasteiger partial charge in [-0.3, -0.25) is 19.8 Å². The van der Waals surface area contributed by atoms with Crippen molar-refractivity contribution in [3.63, 3.8) is 0 Å². The summed E-state index contributed by atoms with van der Waals surface area (Å²) in [5.74, 6) is 1.73. The Balaban J connectivity index is 0.829. The molecule has 1 aliphatic carbocycles. The van der Waals surface area contributed by atoms with Crippen molar-refractivity contribution in [2.45, 2.75) is 76.9 Å². The van der Waals surface area contributed by atoms with Crippen LogP contribution in [0.4, 0.5) is 10.5 Å². The third-order valence-electron chi connectivity index (χ3n) is 13.1. The van der Waals surface area contributed by atoms with Gasteiger partial charge in [-0.1, -0.05) is 87.5 Å². The van der Waals surface area contributed by atoms with E-state index in [2.05, 4.69) is 66.5 Å². The number of aromatic hydroxyl groups is 1. The smallest absolute Gasteiger partial charge is 0.411 e. The summed E-state index contributed by atoms with van der Waals surface area (Å²) in [5, 5.41) is 17.7. The van der Waals surface area contributed by atoms with Gasteiger partial charge in [0.25, 0.3) is 0 Å². The van der Waals surface area contributed by atoms with Crippen molar-refractivity contribution < 1.29 is 28.6 Å². The second-order valence-electron chi connectivity index (χ2n) is 18.7. The molecular formula is C50H63N5O7Si. The fraction of sp³-hybridized carbons (Fsp3) is 0.420. The predicted octanol–water partition coefficient (Wildman–Crippen LogP) is 8.94. The lowest BCUT2D eigenvalue weighted by Gasteiger charge is -2.39. The number of anilines is 1. The van der Waals surface area contributed by atoms with E-state index in [9.17, 15) is 19.5 Å². The van der Waals surface area contributed by atoms with E-state index in [4.69, 9.17) is 13.9 Å². The third kappa shape index (κ3) is 11.6. The molecule has 12 nitrogen and oxygen atoms in total. The Hall–Kier alpha value is -5.47. The number of nitrogens with one attached hydrogen (secondary N) is 3. The molecule has 7 rings (SSSR count). The summed E-state index contributed by atoms with van der Waals surface area (Å²) in [4.78, 5) is 45.1. The number of para-hydroxylation sites is 1. The van der Waals surface area contributed by atoms with Crippen molar-refractivity contribution in [1.29, 1.82) is 0 Å². The number of carbonyl (C=O) groups excluding carboxylic acids is 2.